The molecule has 0 fully saturated rings. The number of hydrogen-bond donors (Lipinski definition) is 1. The summed E-state index contributed by atoms with van der Waals surface area (Å²) >= 11 is 8.16. The van der Waals surface area contributed by atoms with Crippen LogP contribution in [0.2, 0.25) is 5.02 Å². The quantitative estimate of drug-likeness (QED) is 0.868. The van der Waals surface area contributed by atoms with Crippen LogP contribution in [0.15, 0.2) is 18.2 Å². The topological polar surface area (TPSA) is 12.0 Å². The van der Waals surface area contributed by atoms with Crippen molar-refractivity contribution in [3.63, 3.8) is 0 Å². The first-order valence-corrected chi connectivity index (χ1v) is 6.94. The molecule has 0 aliphatic carbocycles. The van der Waals surface area contributed by atoms with Crippen molar-refractivity contribution in [2.75, 3.05) is 12.3 Å². The number of nitrogens with one attached hydrogen (secondary N) is 1. The Labute approximate surface area is 101 Å². The molecule has 0 amide bonds. The summed E-state index contributed by atoms with van der Waals surface area (Å²) in [6.45, 7) is 3.28. The molecule has 1 aromatic rings. The lowest BCUT2D eigenvalue weighted by atomic mass is 10.0. The molecule has 15 heavy (non-hydrogen) atoms. The SMILES string of the molecule is CCCNC1CSCc2c(Cl)cccc21. The zero-order valence-corrected chi connectivity index (χ0v) is 10.5. The molecule has 82 valence electrons. The second kappa shape index (κ2) is 5.24. The maximum absolute atomic E-state index is 6.20. The van der Waals surface area contributed by atoms with Crippen LogP contribution in [-0.4, -0.2) is 12.3 Å². The maximum atomic E-state index is 6.20. The number of thioether (sulfide) groups is 1. The monoisotopic (exact) mass is 241 g/mol. The number of fused-ring (bicyclic) bond motifs is 1. The van der Waals surface area contributed by atoms with Crippen LogP contribution in [0.5, 0.6) is 0 Å². The molecule has 1 nitrogen and oxygen atoms in total. The zero-order valence-electron chi connectivity index (χ0n) is 8.92. The van der Waals surface area contributed by atoms with Gasteiger partial charge in [0.25, 0.3) is 0 Å². The molecular weight excluding hydrogens is 226 g/mol. The van der Waals surface area contributed by atoms with Gasteiger partial charge in [0.1, 0.15) is 0 Å². The fourth-order valence-corrected chi connectivity index (χ4v) is 3.42. The maximum Gasteiger partial charge on any atom is 0.0449 e. The van der Waals surface area contributed by atoms with Gasteiger partial charge in [-0.15, -0.1) is 0 Å². The molecule has 0 spiro atoms. The van der Waals surface area contributed by atoms with Crippen LogP contribution in [0.1, 0.15) is 30.5 Å². The van der Waals surface area contributed by atoms with Gasteiger partial charge in [0.15, 0.2) is 0 Å². The van der Waals surface area contributed by atoms with E-state index in [9.17, 15) is 0 Å². The number of hydrogen-bond acceptors (Lipinski definition) is 2. The molecule has 1 N–H and O–H groups in total. The third-order valence-electron chi connectivity index (χ3n) is 2.70. The van der Waals surface area contributed by atoms with E-state index < -0.39 is 0 Å². The Morgan fingerprint density at radius 3 is 3.20 bits per heavy atom. The third-order valence-corrected chi connectivity index (χ3v) is 4.12. The Bertz CT molecular complexity index is 340. The van der Waals surface area contributed by atoms with E-state index in [1.54, 1.807) is 0 Å². The highest BCUT2D eigenvalue weighted by Gasteiger charge is 2.21. The summed E-state index contributed by atoms with van der Waals surface area (Å²) in [5.74, 6) is 2.21. The van der Waals surface area contributed by atoms with Crippen molar-refractivity contribution in [2.45, 2.75) is 25.1 Å². The highest BCUT2D eigenvalue weighted by atomic mass is 35.5. The van der Waals surface area contributed by atoms with E-state index in [4.69, 9.17) is 11.6 Å². The van der Waals surface area contributed by atoms with E-state index in [0.29, 0.717) is 6.04 Å². The highest BCUT2D eigenvalue weighted by Crippen LogP contribution is 2.35. The van der Waals surface area contributed by atoms with Crippen LogP contribution in [-0.2, 0) is 5.75 Å². The van der Waals surface area contributed by atoms with E-state index in [-0.39, 0.29) is 0 Å². The average molecular weight is 242 g/mol. The van der Waals surface area contributed by atoms with Crippen molar-refractivity contribution in [3.8, 4) is 0 Å². The molecule has 2 rings (SSSR count). The largest absolute Gasteiger partial charge is 0.309 e. The summed E-state index contributed by atoms with van der Waals surface area (Å²) in [5, 5.41) is 4.49. The summed E-state index contributed by atoms with van der Waals surface area (Å²) in [5.41, 5.74) is 2.72. The van der Waals surface area contributed by atoms with E-state index >= 15 is 0 Å². The third kappa shape index (κ3) is 2.49. The van der Waals surface area contributed by atoms with Gasteiger partial charge in [-0.3, -0.25) is 0 Å². The Morgan fingerprint density at radius 1 is 1.53 bits per heavy atom. The Kier molecular flexibility index (Phi) is 3.95. The van der Waals surface area contributed by atoms with Gasteiger partial charge >= 0.3 is 0 Å². The lowest BCUT2D eigenvalue weighted by molar-refractivity contribution is 0.571. The molecule has 1 aliphatic rings. The van der Waals surface area contributed by atoms with Crippen molar-refractivity contribution in [2.24, 2.45) is 0 Å². The Hall–Kier alpha value is -0.180. The second-order valence-electron chi connectivity index (χ2n) is 3.83. The molecular formula is C12H16ClNS. The number of rotatable bonds is 3. The number of benzene rings is 1. The van der Waals surface area contributed by atoms with Crippen molar-refractivity contribution >= 4 is 23.4 Å². The molecule has 1 aromatic carbocycles. The smallest absolute Gasteiger partial charge is 0.0449 e. The van der Waals surface area contributed by atoms with E-state index in [1.165, 1.54) is 17.5 Å². The standard InChI is InChI=1S/C12H16ClNS/c1-2-6-14-12-8-15-7-10-9(12)4-3-5-11(10)13/h3-5,12,14H,2,6-8H2,1H3. The summed E-state index contributed by atoms with van der Waals surface area (Å²) < 4.78 is 0. The van der Waals surface area contributed by atoms with Gasteiger partial charge in [0.2, 0.25) is 0 Å². The molecule has 0 radical (unpaired) electrons. The number of halogens is 1. The van der Waals surface area contributed by atoms with Crippen LogP contribution in [0.3, 0.4) is 0 Å². The summed E-state index contributed by atoms with van der Waals surface area (Å²) in [7, 11) is 0. The molecule has 1 heterocycles. The molecule has 0 saturated carbocycles. The first-order valence-electron chi connectivity index (χ1n) is 5.41. The molecule has 1 atom stereocenters. The van der Waals surface area contributed by atoms with E-state index in [0.717, 1.165) is 23.1 Å². The van der Waals surface area contributed by atoms with Crippen LogP contribution in [0.4, 0.5) is 0 Å². The molecule has 3 heteroatoms. The molecule has 1 aliphatic heterocycles. The van der Waals surface area contributed by atoms with Gasteiger partial charge in [0.05, 0.1) is 0 Å². The molecule has 0 bridgehead atoms. The average Bonchev–Trinajstić information content (AvgIpc) is 2.27. The summed E-state index contributed by atoms with van der Waals surface area (Å²) in [6.07, 6.45) is 1.18. The van der Waals surface area contributed by atoms with Crippen LogP contribution < -0.4 is 5.32 Å². The molecule has 0 saturated heterocycles. The normalized spacial score (nSPS) is 20.0. The minimum atomic E-state index is 0.484. The van der Waals surface area contributed by atoms with Gasteiger partial charge in [-0.2, -0.15) is 11.8 Å². The summed E-state index contributed by atoms with van der Waals surface area (Å²) in [4.78, 5) is 0. The van der Waals surface area contributed by atoms with Gasteiger partial charge in [-0.05, 0) is 30.2 Å². The van der Waals surface area contributed by atoms with Crippen LogP contribution >= 0.6 is 23.4 Å². The van der Waals surface area contributed by atoms with Gasteiger partial charge in [-0.25, -0.2) is 0 Å². The zero-order chi connectivity index (χ0) is 10.7. The molecule has 0 aromatic heterocycles. The second-order valence-corrected chi connectivity index (χ2v) is 5.27. The predicted octanol–water partition coefficient (Wildman–Crippen LogP) is 3.63. The lowest BCUT2D eigenvalue weighted by Gasteiger charge is -2.26. The first-order chi connectivity index (χ1) is 7.33. The highest BCUT2D eigenvalue weighted by molar-refractivity contribution is 7.98. The van der Waals surface area contributed by atoms with Crippen LogP contribution in [0, 0.1) is 0 Å². The van der Waals surface area contributed by atoms with Crippen molar-refractivity contribution in [1.82, 2.24) is 5.32 Å². The van der Waals surface area contributed by atoms with Crippen molar-refractivity contribution < 1.29 is 0 Å². The Morgan fingerprint density at radius 2 is 2.40 bits per heavy atom. The minimum absolute atomic E-state index is 0.484. The van der Waals surface area contributed by atoms with Crippen molar-refractivity contribution in [1.29, 1.82) is 0 Å². The summed E-state index contributed by atoms with van der Waals surface area (Å²) in [6, 6.07) is 6.73. The first kappa shape index (κ1) is 11.3. The predicted molar refractivity (Wildman–Crippen MR) is 68.6 cm³/mol. The van der Waals surface area contributed by atoms with Gasteiger partial charge in [-0.1, -0.05) is 30.7 Å². The van der Waals surface area contributed by atoms with Crippen LogP contribution in [0.25, 0.3) is 0 Å². The molecule has 1 unspecified atom stereocenters. The van der Waals surface area contributed by atoms with Gasteiger partial charge < -0.3 is 5.32 Å². The fraction of sp³-hybridized carbons (Fsp3) is 0.500. The fourth-order valence-electron chi connectivity index (χ4n) is 1.91. The van der Waals surface area contributed by atoms with Crippen molar-refractivity contribution in [3.05, 3.63) is 34.3 Å². The Balaban J connectivity index is 2.22. The van der Waals surface area contributed by atoms with E-state index in [1.807, 2.05) is 17.8 Å². The van der Waals surface area contributed by atoms with E-state index in [2.05, 4.69) is 24.4 Å². The lowest BCUT2D eigenvalue weighted by Crippen LogP contribution is -2.27. The van der Waals surface area contributed by atoms with Gasteiger partial charge in [0, 0.05) is 22.6 Å². The minimum Gasteiger partial charge on any atom is -0.309 e.